The fraction of sp³-hybridized carbons (Fsp3) is 0.235. The van der Waals surface area contributed by atoms with E-state index in [2.05, 4.69) is 29.1 Å². The van der Waals surface area contributed by atoms with Crippen molar-refractivity contribution in [3.63, 3.8) is 0 Å². The monoisotopic (exact) mass is 299 g/mol. The lowest BCUT2D eigenvalue weighted by Gasteiger charge is -2.19. The minimum atomic E-state index is 0.142. The highest BCUT2D eigenvalue weighted by atomic mass is 35.5. The molecule has 2 unspecified atom stereocenters. The molecule has 21 heavy (non-hydrogen) atoms. The highest BCUT2D eigenvalue weighted by Gasteiger charge is 2.14. The molecular weight excluding hydrogens is 282 g/mol. The first kappa shape index (κ1) is 14.1. The van der Waals surface area contributed by atoms with E-state index >= 15 is 0 Å². The van der Waals surface area contributed by atoms with Crippen molar-refractivity contribution in [1.82, 2.24) is 15.3 Å². The van der Waals surface area contributed by atoms with Crippen molar-refractivity contribution in [1.29, 1.82) is 0 Å². The van der Waals surface area contributed by atoms with Gasteiger partial charge in [-0.1, -0.05) is 35.9 Å². The molecule has 3 rings (SSSR count). The molecular formula is C17H18ClN3. The van der Waals surface area contributed by atoms with Gasteiger partial charge < -0.3 is 10.3 Å². The normalized spacial score (nSPS) is 14.2. The van der Waals surface area contributed by atoms with E-state index in [4.69, 9.17) is 11.6 Å². The molecule has 1 heterocycles. The smallest absolute Gasteiger partial charge is 0.124 e. The lowest BCUT2D eigenvalue weighted by molar-refractivity contribution is 0.480. The van der Waals surface area contributed by atoms with E-state index in [-0.39, 0.29) is 12.1 Å². The molecule has 4 heteroatoms. The second-order valence-corrected chi connectivity index (χ2v) is 5.74. The zero-order valence-corrected chi connectivity index (χ0v) is 12.9. The maximum absolute atomic E-state index is 5.93. The van der Waals surface area contributed by atoms with Gasteiger partial charge in [-0.25, -0.2) is 4.98 Å². The predicted molar refractivity (Wildman–Crippen MR) is 87.5 cm³/mol. The number of para-hydroxylation sites is 2. The molecule has 0 saturated heterocycles. The zero-order chi connectivity index (χ0) is 14.8. The van der Waals surface area contributed by atoms with Gasteiger partial charge in [0.25, 0.3) is 0 Å². The van der Waals surface area contributed by atoms with Gasteiger partial charge in [-0.3, -0.25) is 0 Å². The fourth-order valence-corrected chi connectivity index (χ4v) is 2.61. The van der Waals surface area contributed by atoms with Crippen molar-refractivity contribution in [3.05, 3.63) is 64.9 Å². The van der Waals surface area contributed by atoms with E-state index in [0.717, 1.165) is 21.9 Å². The average Bonchev–Trinajstić information content (AvgIpc) is 2.92. The molecule has 1 aromatic heterocycles. The number of fused-ring (bicyclic) bond motifs is 1. The molecule has 0 aliphatic carbocycles. The molecule has 0 aliphatic rings. The lowest BCUT2D eigenvalue weighted by atomic mass is 10.1. The first-order chi connectivity index (χ1) is 10.1. The van der Waals surface area contributed by atoms with Gasteiger partial charge in [0, 0.05) is 11.1 Å². The summed E-state index contributed by atoms with van der Waals surface area (Å²) in [7, 11) is 0. The van der Waals surface area contributed by atoms with E-state index in [1.54, 1.807) is 0 Å². The molecule has 0 bridgehead atoms. The largest absolute Gasteiger partial charge is 0.341 e. The third-order valence-electron chi connectivity index (χ3n) is 3.69. The lowest BCUT2D eigenvalue weighted by Crippen LogP contribution is -2.23. The second kappa shape index (κ2) is 5.88. The van der Waals surface area contributed by atoms with Gasteiger partial charge in [-0.15, -0.1) is 0 Å². The molecule has 3 aromatic rings. The Labute approximate surface area is 129 Å². The van der Waals surface area contributed by atoms with Crippen LogP contribution in [0.1, 0.15) is 37.3 Å². The van der Waals surface area contributed by atoms with Gasteiger partial charge in [-0.05, 0) is 43.7 Å². The molecule has 0 fully saturated rings. The summed E-state index contributed by atoms with van der Waals surface area (Å²) in [6.07, 6.45) is 0. The van der Waals surface area contributed by atoms with E-state index in [0.29, 0.717) is 0 Å². The van der Waals surface area contributed by atoms with Crippen LogP contribution in [0, 0.1) is 0 Å². The maximum Gasteiger partial charge on any atom is 0.124 e. The summed E-state index contributed by atoms with van der Waals surface area (Å²) in [5.74, 6) is 0.956. The van der Waals surface area contributed by atoms with E-state index in [9.17, 15) is 0 Å². The summed E-state index contributed by atoms with van der Waals surface area (Å²) in [5, 5.41) is 4.32. The Kier molecular flexibility index (Phi) is 3.95. The quantitative estimate of drug-likeness (QED) is 0.737. The number of halogens is 1. The Morgan fingerprint density at radius 1 is 1.00 bits per heavy atom. The Balaban J connectivity index is 1.75. The van der Waals surface area contributed by atoms with Crippen molar-refractivity contribution < 1.29 is 0 Å². The highest BCUT2D eigenvalue weighted by Crippen LogP contribution is 2.21. The molecule has 2 aromatic carbocycles. The summed E-state index contributed by atoms with van der Waals surface area (Å²) in [4.78, 5) is 8.00. The molecule has 2 N–H and O–H groups in total. The molecule has 108 valence electrons. The van der Waals surface area contributed by atoms with E-state index < -0.39 is 0 Å². The number of imidazole rings is 1. The molecule has 2 atom stereocenters. The summed E-state index contributed by atoms with van der Waals surface area (Å²) in [6.45, 7) is 4.26. The van der Waals surface area contributed by atoms with Crippen LogP contribution in [0.15, 0.2) is 48.5 Å². The van der Waals surface area contributed by atoms with Gasteiger partial charge in [0.2, 0.25) is 0 Å². The Hall–Kier alpha value is -1.84. The first-order valence-corrected chi connectivity index (χ1v) is 7.47. The van der Waals surface area contributed by atoms with Crippen molar-refractivity contribution in [2.45, 2.75) is 25.9 Å². The number of nitrogens with one attached hydrogen (secondary N) is 2. The average molecular weight is 300 g/mol. The molecule has 0 radical (unpaired) electrons. The highest BCUT2D eigenvalue weighted by molar-refractivity contribution is 6.30. The van der Waals surface area contributed by atoms with Crippen molar-refractivity contribution >= 4 is 22.6 Å². The van der Waals surface area contributed by atoms with Gasteiger partial charge in [0.15, 0.2) is 0 Å². The van der Waals surface area contributed by atoms with Crippen LogP contribution in [-0.2, 0) is 0 Å². The second-order valence-electron chi connectivity index (χ2n) is 5.30. The summed E-state index contributed by atoms with van der Waals surface area (Å²) in [6, 6.07) is 16.4. The van der Waals surface area contributed by atoms with Gasteiger partial charge >= 0.3 is 0 Å². The van der Waals surface area contributed by atoms with Crippen molar-refractivity contribution in [3.8, 4) is 0 Å². The fourth-order valence-electron chi connectivity index (χ4n) is 2.48. The van der Waals surface area contributed by atoms with Crippen LogP contribution in [0.25, 0.3) is 11.0 Å². The van der Waals surface area contributed by atoms with Crippen LogP contribution in [0.5, 0.6) is 0 Å². The van der Waals surface area contributed by atoms with Crippen LogP contribution < -0.4 is 5.32 Å². The number of nitrogens with zero attached hydrogens (tertiary/aromatic N) is 1. The van der Waals surface area contributed by atoms with Crippen LogP contribution in [0.3, 0.4) is 0 Å². The number of hydrogen-bond acceptors (Lipinski definition) is 2. The van der Waals surface area contributed by atoms with Crippen LogP contribution in [0.2, 0.25) is 5.02 Å². The number of benzene rings is 2. The number of aromatic nitrogens is 2. The minimum Gasteiger partial charge on any atom is -0.341 e. The molecule has 3 nitrogen and oxygen atoms in total. The van der Waals surface area contributed by atoms with Gasteiger partial charge in [0.1, 0.15) is 5.82 Å². The molecule has 0 aliphatic heterocycles. The van der Waals surface area contributed by atoms with E-state index in [1.165, 1.54) is 5.56 Å². The zero-order valence-electron chi connectivity index (χ0n) is 12.1. The number of aromatic amines is 1. The Morgan fingerprint density at radius 2 is 1.71 bits per heavy atom. The van der Waals surface area contributed by atoms with Gasteiger partial charge in [-0.2, -0.15) is 0 Å². The third-order valence-corrected chi connectivity index (χ3v) is 3.94. The number of rotatable bonds is 4. The predicted octanol–water partition coefficient (Wildman–Crippen LogP) is 4.63. The molecule has 0 spiro atoms. The van der Waals surface area contributed by atoms with Gasteiger partial charge in [0.05, 0.1) is 17.1 Å². The molecule has 0 amide bonds. The number of hydrogen-bond donors (Lipinski definition) is 2. The van der Waals surface area contributed by atoms with E-state index in [1.807, 2.05) is 48.5 Å². The van der Waals surface area contributed by atoms with Crippen LogP contribution >= 0.6 is 11.6 Å². The number of H-pyrrole nitrogens is 1. The third kappa shape index (κ3) is 3.09. The summed E-state index contributed by atoms with van der Waals surface area (Å²) >= 11 is 5.93. The van der Waals surface area contributed by atoms with Crippen molar-refractivity contribution in [2.75, 3.05) is 0 Å². The van der Waals surface area contributed by atoms with Crippen LogP contribution in [0.4, 0.5) is 0 Å². The van der Waals surface area contributed by atoms with Crippen LogP contribution in [-0.4, -0.2) is 9.97 Å². The summed E-state index contributed by atoms with van der Waals surface area (Å²) in [5.41, 5.74) is 3.28. The maximum atomic E-state index is 5.93. The SMILES string of the molecule is CC(NC(C)c1nc2ccccc2[nH]1)c1ccc(Cl)cc1. The van der Waals surface area contributed by atoms with Crippen molar-refractivity contribution in [2.24, 2.45) is 0 Å². The first-order valence-electron chi connectivity index (χ1n) is 7.09. The standard InChI is InChI=1S/C17H18ClN3/c1-11(13-7-9-14(18)10-8-13)19-12(2)17-20-15-5-3-4-6-16(15)21-17/h3-12,19H,1-2H3,(H,20,21). The topological polar surface area (TPSA) is 40.7 Å². The summed E-state index contributed by atoms with van der Waals surface area (Å²) < 4.78 is 0. The Morgan fingerprint density at radius 3 is 2.43 bits per heavy atom. The minimum absolute atomic E-state index is 0.142. The molecule has 0 saturated carbocycles. The Bertz CT molecular complexity index is 700.